The summed E-state index contributed by atoms with van der Waals surface area (Å²) in [7, 11) is 5.51. The van der Waals surface area contributed by atoms with Gasteiger partial charge in [0.2, 0.25) is 0 Å². The van der Waals surface area contributed by atoms with Crippen molar-refractivity contribution in [3.63, 3.8) is 0 Å². The van der Waals surface area contributed by atoms with Crippen molar-refractivity contribution in [3.05, 3.63) is 52.4 Å². The first kappa shape index (κ1) is 31.8. The number of alkyl halides is 1. The van der Waals surface area contributed by atoms with Gasteiger partial charge in [-0.15, -0.1) is 0 Å². The molecule has 5 heterocycles. The van der Waals surface area contributed by atoms with E-state index in [1.165, 1.54) is 10.5 Å². The summed E-state index contributed by atoms with van der Waals surface area (Å²) >= 11 is 0. The lowest BCUT2D eigenvalue weighted by Gasteiger charge is -2.49. The lowest BCUT2D eigenvalue weighted by atomic mass is 9.70. The van der Waals surface area contributed by atoms with Gasteiger partial charge in [-0.05, 0) is 81.5 Å². The summed E-state index contributed by atoms with van der Waals surface area (Å²) < 4.78 is 21.1. The molecule has 1 spiro atoms. The summed E-state index contributed by atoms with van der Waals surface area (Å²) in [6.07, 6.45) is 7.72. The van der Waals surface area contributed by atoms with Gasteiger partial charge in [0.15, 0.2) is 0 Å². The fraction of sp³-hybridized carbons (Fsp3) is 0.600. The number of phenols is 1. The maximum atomic E-state index is 14.6. The fourth-order valence-electron chi connectivity index (χ4n) is 8.66. The third kappa shape index (κ3) is 5.83. The molecule has 47 heavy (non-hydrogen) atoms. The van der Waals surface area contributed by atoms with Crippen LogP contribution in [0.2, 0.25) is 0 Å². The first-order chi connectivity index (χ1) is 22.6. The Hall–Kier alpha value is -3.77. The molecule has 3 N–H and O–H groups in total. The average molecular weight is 647 g/mol. The first-order valence-electron chi connectivity index (χ1n) is 17.0. The second kappa shape index (κ2) is 12.4. The lowest BCUT2D eigenvalue weighted by molar-refractivity contribution is -0.124. The van der Waals surface area contributed by atoms with Crippen LogP contribution >= 0.6 is 0 Å². The average Bonchev–Trinajstić information content (AvgIpc) is 3.46. The van der Waals surface area contributed by atoms with Crippen LogP contribution in [0.1, 0.15) is 60.9 Å². The maximum absolute atomic E-state index is 14.6. The molecule has 2 aromatic rings. The first-order valence-corrected chi connectivity index (χ1v) is 17.0. The zero-order valence-corrected chi connectivity index (χ0v) is 27.8. The van der Waals surface area contributed by atoms with Crippen LogP contribution in [0.5, 0.6) is 11.8 Å². The minimum absolute atomic E-state index is 0.147. The third-order valence-corrected chi connectivity index (χ3v) is 11.0. The predicted octanol–water partition coefficient (Wildman–Crippen LogP) is 2.94. The number of likely N-dealkylation sites (N-methyl/N-ethyl adjacent to an activating group) is 2. The molecule has 1 aliphatic carbocycles. The van der Waals surface area contributed by atoms with E-state index in [0.29, 0.717) is 51.6 Å². The Labute approximate surface area is 276 Å². The number of hydrogen-bond acceptors (Lipinski definition) is 10. The number of ether oxygens (including phenoxy) is 1. The third-order valence-electron chi connectivity index (χ3n) is 11.0. The zero-order valence-electron chi connectivity index (χ0n) is 27.8. The normalized spacial score (nSPS) is 28.0. The number of aromatic nitrogens is 2. The van der Waals surface area contributed by atoms with Gasteiger partial charge >= 0.3 is 6.01 Å². The minimum Gasteiger partial charge on any atom is -0.508 e. The fourth-order valence-corrected chi connectivity index (χ4v) is 8.66. The quantitative estimate of drug-likeness (QED) is 0.456. The lowest BCUT2D eigenvalue weighted by Crippen LogP contribution is -2.51. The maximum Gasteiger partial charge on any atom is 0.318 e. The summed E-state index contributed by atoms with van der Waals surface area (Å²) in [5.74, 6) is 0.818. The van der Waals surface area contributed by atoms with Crippen LogP contribution in [0, 0.1) is 0 Å². The molecule has 0 radical (unpaired) electrons. The van der Waals surface area contributed by atoms with Crippen molar-refractivity contribution in [1.82, 2.24) is 24.7 Å². The molecule has 252 valence electrons. The van der Waals surface area contributed by atoms with E-state index in [9.17, 15) is 14.3 Å². The zero-order chi connectivity index (χ0) is 32.9. The van der Waals surface area contributed by atoms with Crippen LogP contribution in [-0.4, -0.2) is 114 Å². The van der Waals surface area contributed by atoms with Gasteiger partial charge in [0.25, 0.3) is 5.91 Å². The Kier molecular flexibility index (Phi) is 8.36. The molecular weight excluding hydrogens is 599 g/mol. The topological polar surface area (TPSA) is 124 Å². The van der Waals surface area contributed by atoms with E-state index in [-0.39, 0.29) is 28.4 Å². The molecule has 11 nitrogen and oxygen atoms in total. The molecular formula is C35H47FN8O3. The molecule has 1 aromatic heterocycles. The van der Waals surface area contributed by atoms with Crippen molar-refractivity contribution in [2.45, 2.75) is 75.2 Å². The Morgan fingerprint density at radius 2 is 2.04 bits per heavy atom. The van der Waals surface area contributed by atoms with Crippen molar-refractivity contribution in [2.24, 2.45) is 10.7 Å². The van der Waals surface area contributed by atoms with Crippen LogP contribution in [0.3, 0.4) is 0 Å². The van der Waals surface area contributed by atoms with E-state index in [1.807, 2.05) is 6.07 Å². The van der Waals surface area contributed by atoms with Crippen molar-refractivity contribution >= 4 is 17.4 Å². The number of nitrogens with zero attached hydrogens (tertiary/aromatic N) is 7. The number of nitrogens with two attached hydrogens (primary N) is 1. The number of aliphatic imine (C=N–C) groups is 1. The number of phenolic OH excluding ortho intramolecular Hbond substituents is 1. The molecule has 3 atom stereocenters. The Morgan fingerprint density at radius 3 is 2.87 bits per heavy atom. The van der Waals surface area contributed by atoms with Crippen LogP contribution in [0.25, 0.3) is 0 Å². The number of fused-ring (bicyclic) bond motifs is 4. The molecule has 0 unspecified atom stereocenters. The van der Waals surface area contributed by atoms with Gasteiger partial charge < -0.3 is 25.4 Å². The number of rotatable bonds is 6. The smallest absolute Gasteiger partial charge is 0.318 e. The summed E-state index contributed by atoms with van der Waals surface area (Å²) in [5.41, 5.74) is 10.8. The highest BCUT2D eigenvalue weighted by Gasteiger charge is 2.50. The number of benzene rings is 1. The molecule has 2 fully saturated rings. The summed E-state index contributed by atoms with van der Waals surface area (Å²) in [5, 5.41) is 10.5. The number of amides is 1. The highest BCUT2D eigenvalue weighted by atomic mass is 19.1. The highest BCUT2D eigenvalue weighted by molar-refractivity contribution is 6.05. The second-order valence-corrected chi connectivity index (χ2v) is 14.3. The number of hydrogen-bond donors (Lipinski definition) is 2. The van der Waals surface area contributed by atoms with Crippen LogP contribution in [0.15, 0.2) is 35.0 Å². The van der Waals surface area contributed by atoms with Gasteiger partial charge in [0.1, 0.15) is 24.3 Å². The molecule has 0 saturated carbocycles. The summed E-state index contributed by atoms with van der Waals surface area (Å²) in [6.45, 7) is 4.12. The van der Waals surface area contributed by atoms with Crippen LogP contribution in [-0.2, 0) is 29.7 Å². The molecule has 5 aliphatic rings. The van der Waals surface area contributed by atoms with Gasteiger partial charge in [-0.2, -0.15) is 9.97 Å². The monoisotopic (exact) mass is 646 g/mol. The summed E-state index contributed by atoms with van der Waals surface area (Å²) in [4.78, 5) is 35.8. The predicted molar refractivity (Wildman–Crippen MR) is 179 cm³/mol. The molecule has 1 aromatic carbocycles. The van der Waals surface area contributed by atoms with E-state index in [1.54, 1.807) is 26.2 Å². The van der Waals surface area contributed by atoms with Crippen molar-refractivity contribution < 1.29 is 19.0 Å². The number of carbonyl (C=O) groups excluding carboxylic acids is 1. The molecule has 0 bridgehead atoms. The Balaban J connectivity index is 1.27. The van der Waals surface area contributed by atoms with Crippen molar-refractivity contribution in [3.8, 4) is 11.8 Å². The number of anilines is 1. The number of aryl methyl sites for hydroxylation is 1. The molecule has 4 aliphatic heterocycles. The highest BCUT2D eigenvalue weighted by Crippen LogP contribution is 2.48. The van der Waals surface area contributed by atoms with Crippen molar-refractivity contribution in [2.75, 3.05) is 65.4 Å². The summed E-state index contributed by atoms with van der Waals surface area (Å²) in [6, 6.07) is 6.08. The molecule has 7 rings (SSSR count). The SMILES string of the molecule is CN(C)C(=O)C(N)=CC1=NCCCN(c2nc(OC[C@@]34CCCN3C[C@H](F)C4)nc3c2CN(C)[C@@]2(CCCc4ccc(O)cc42)C3)C1. The van der Waals surface area contributed by atoms with Crippen LogP contribution < -0.4 is 15.4 Å². The standard InChI is InChI=1S/C35H47FN8O3/c1-41(2)32(46)29(37)15-25-20-43(13-6-12-38-25)31-27-21-42(3)35(11-4-7-23-8-9-26(45)16-28(23)35)18-30(27)39-33(40-31)47-22-34-10-5-14-44(34)19-24(36)17-34/h8-9,15-16,24,45H,4-7,10-14,17-22,37H2,1-3H3/t24-,34+,35+/m1/s1. The number of carbonyl (C=O) groups is 1. The van der Waals surface area contributed by atoms with Crippen LogP contribution in [0.4, 0.5) is 10.2 Å². The largest absolute Gasteiger partial charge is 0.508 e. The van der Waals surface area contributed by atoms with E-state index in [0.717, 1.165) is 80.0 Å². The Bertz CT molecular complexity index is 1610. The van der Waals surface area contributed by atoms with Gasteiger partial charge in [0, 0.05) is 58.7 Å². The molecule has 12 heteroatoms. The van der Waals surface area contributed by atoms with E-state index in [2.05, 4.69) is 27.8 Å². The number of halogens is 1. The second-order valence-electron chi connectivity index (χ2n) is 14.3. The van der Waals surface area contributed by atoms with E-state index < -0.39 is 6.17 Å². The van der Waals surface area contributed by atoms with Gasteiger partial charge in [0.05, 0.1) is 34.7 Å². The van der Waals surface area contributed by atoms with Gasteiger partial charge in [-0.1, -0.05) is 6.07 Å². The van der Waals surface area contributed by atoms with Gasteiger partial charge in [-0.25, -0.2) is 4.39 Å². The number of aromatic hydroxyl groups is 1. The molecule has 1 amide bonds. The molecule has 2 saturated heterocycles. The van der Waals surface area contributed by atoms with Gasteiger partial charge in [-0.3, -0.25) is 19.6 Å². The Morgan fingerprint density at radius 1 is 1.19 bits per heavy atom. The van der Waals surface area contributed by atoms with Crippen molar-refractivity contribution in [1.29, 1.82) is 0 Å². The minimum atomic E-state index is -0.841. The van der Waals surface area contributed by atoms with E-state index in [4.69, 9.17) is 25.4 Å². The van der Waals surface area contributed by atoms with E-state index >= 15 is 0 Å².